The smallest absolute Gasteiger partial charge is 0.00772 e. The minimum atomic E-state index is 1.14. The number of piperazine rings is 1. The first-order valence-electron chi connectivity index (χ1n) is 3.12. The molecule has 0 amide bonds. The van der Waals surface area contributed by atoms with Crippen molar-refractivity contribution in [2.24, 2.45) is 0 Å². The zero-order valence-electron chi connectivity index (χ0n) is 5.54. The van der Waals surface area contributed by atoms with Gasteiger partial charge in [-0.2, -0.15) is 0 Å². The van der Waals surface area contributed by atoms with Crippen LogP contribution in [0.15, 0.2) is 0 Å². The van der Waals surface area contributed by atoms with Crippen molar-refractivity contribution >= 4 is 0 Å². The lowest BCUT2D eigenvalue weighted by atomic mass is 10.4. The van der Waals surface area contributed by atoms with Gasteiger partial charge in [-0.1, -0.05) is 13.8 Å². The van der Waals surface area contributed by atoms with Crippen LogP contribution in [0.5, 0.6) is 0 Å². The van der Waals surface area contributed by atoms with Crippen LogP contribution in [0.4, 0.5) is 0 Å². The molecular weight excluding hydrogens is 100 g/mol. The third kappa shape index (κ3) is 4.09. The SMILES string of the molecule is C1CNCCN1.[CH2]C. The van der Waals surface area contributed by atoms with Gasteiger partial charge >= 0.3 is 0 Å². The van der Waals surface area contributed by atoms with E-state index in [0.29, 0.717) is 0 Å². The Balaban J connectivity index is 0.000000222. The first-order valence-corrected chi connectivity index (χ1v) is 3.12. The predicted octanol–water partition coefficient (Wildman–Crippen LogP) is 0.0196. The molecule has 0 atom stereocenters. The van der Waals surface area contributed by atoms with Crippen LogP contribution in [-0.2, 0) is 0 Å². The summed E-state index contributed by atoms with van der Waals surface area (Å²) in [4.78, 5) is 0. The van der Waals surface area contributed by atoms with Gasteiger partial charge < -0.3 is 10.6 Å². The predicted molar refractivity (Wildman–Crippen MR) is 36.8 cm³/mol. The van der Waals surface area contributed by atoms with E-state index in [0.717, 1.165) is 26.2 Å². The van der Waals surface area contributed by atoms with E-state index in [1.54, 1.807) is 6.92 Å². The van der Waals surface area contributed by atoms with Crippen LogP contribution < -0.4 is 10.6 Å². The van der Waals surface area contributed by atoms with Crippen molar-refractivity contribution in [3.8, 4) is 0 Å². The van der Waals surface area contributed by atoms with Crippen molar-refractivity contribution in [2.75, 3.05) is 26.2 Å². The number of rotatable bonds is 0. The quantitative estimate of drug-likeness (QED) is 0.465. The normalized spacial score (nSPS) is 18.8. The van der Waals surface area contributed by atoms with Gasteiger partial charge in [0.05, 0.1) is 0 Å². The van der Waals surface area contributed by atoms with E-state index >= 15 is 0 Å². The first kappa shape index (κ1) is 7.92. The maximum Gasteiger partial charge on any atom is 0.00772 e. The Hall–Kier alpha value is -0.0800. The molecule has 0 aromatic rings. The van der Waals surface area contributed by atoms with Crippen LogP contribution in [-0.4, -0.2) is 26.2 Å². The second kappa shape index (κ2) is 6.92. The van der Waals surface area contributed by atoms with Crippen molar-refractivity contribution in [1.29, 1.82) is 0 Å². The minimum absolute atomic E-state index is 1.14. The summed E-state index contributed by atoms with van der Waals surface area (Å²) >= 11 is 0. The maximum atomic E-state index is 3.25. The molecule has 1 radical (unpaired) electrons. The summed E-state index contributed by atoms with van der Waals surface area (Å²) < 4.78 is 0. The zero-order valence-corrected chi connectivity index (χ0v) is 5.54. The van der Waals surface area contributed by atoms with E-state index in [1.807, 2.05) is 0 Å². The number of hydrogen-bond donors (Lipinski definition) is 2. The van der Waals surface area contributed by atoms with Gasteiger partial charge in [0.15, 0.2) is 0 Å². The molecule has 0 aromatic carbocycles. The van der Waals surface area contributed by atoms with Gasteiger partial charge in [0.2, 0.25) is 0 Å². The topological polar surface area (TPSA) is 24.1 Å². The van der Waals surface area contributed by atoms with Crippen LogP contribution >= 0.6 is 0 Å². The lowest BCUT2D eigenvalue weighted by molar-refractivity contribution is 0.534. The fourth-order valence-electron chi connectivity index (χ4n) is 0.604. The molecule has 2 heteroatoms. The lowest BCUT2D eigenvalue weighted by Crippen LogP contribution is -2.39. The third-order valence-corrected chi connectivity index (χ3v) is 0.957. The van der Waals surface area contributed by atoms with E-state index in [-0.39, 0.29) is 0 Å². The molecule has 0 aromatic heterocycles. The molecule has 0 spiro atoms. The van der Waals surface area contributed by atoms with Gasteiger partial charge in [-0.3, -0.25) is 0 Å². The summed E-state index contributed by atoms with van der Waals surface area (Å²) in [6, 6.07) is 0. The standard InChI is InChI=1S/C4H10N2.C2H5/c1-2-6-4-3-5-1;1-2/h5-6H,1-4H2;1H2,2H3. The largest absolute Gasteiger partial charge is 0.314 e. The van der Waals surface area contributed by atoms with E-state index < -0.39 is 0 Å². The Morgan fingerprint density at radius 1 is 0.875 bits per heavy atom. The van der Waals surface area contributed by atoms with E-state index in [9.17, 15) is 0 Å². The van der Waals surface area contributed by atoms with Crippen LogP contribution in [0.25, 0.3) is 0 Å². The Morgan fingerprint density at radius 2 is 1.12 bits per heavy atom. The monoisotopic (exact) mass is 115 g/mol. The zero-order chi connectivity index (χ0) is 6.24. The van der Waals surface area contributed by atoms with Crippen LogP contribution in [0.1, 0.15) is 6.92 Å². The molecule has 2 N–H and O–H groups in total. The second-order valence-corrected chi connectivity index (χ2v) is 1.50. The molecule has 1 saturated heterocycles. The molecule has 0 saturated carbocycles. The molecular formula is C6H15N2. The average molecular weight is 115 g/mol. The van der Waals surface area contributed by atoms with Gasteiger partial charge in [0.1, 0.15) is 0 Å². The van der Waals surface area contributed by atoms with Crippen LogP contribution in [0.2, 0.25) is 0 Å². The third-order valence-electron chi connectivity index (χ3n) is 0.957. The van der Waals surface area contributed by atoms with Gasteiger partial charge in [-0.05, 0) is 0 Å². The Kier molecular flexibility index (Phi) is 6.85. The van der Waals surface area contributed by atoms with Crippen molar-refractivity contribution in [3.63, 3.8) is 0 Å². The molecule has 1 aliphatic rings. The minimum Gasteiger partial charge on any atom is -0.314 e. The highest BCUT2D eigenvalue weighted by atomic mass is 15.0. The molecule has 0 bridgehead atoms. The van der Waals surface area contributed by atoms with Crippen molar-refractivity contribution in [1.82, 2.24) is 10.6 Å². The second-order valence-electron chi connectivity index (χ2n) is 1.50. The first-order chi connectivity index (χ1) is 4.00. The summed E-state index contributed by atoms with van der Waals surface area (Å²) in [6.07, 6.45) is 0. The van der Waals surface area contributed by atoms with Crippen LogP contribution in [0.3, 0.4) is 0 Å². The lowest BCUT2D eigenvalue weighted by Gasteiger charge is -2.11. The highest BCUT2D eigenvalue weighted by molar-refractivity contribution is 4.59. The van der Waals surface area contributed by atoms with Gasteiger partial charge in [0.25, 0.3) is 0 Å². The molecule has 1 fully saturated rings. The van der Waals surface area contributed by atoms with Crippen molar-refractivity contribution < 1.29 is 0 Å². The van der Waals surface area contributed by atoms with E-state index in [1.165, 1.54) is 0 Å². The van der Waals surface area contributed by atoms with E-state index in [2.05, 4.69) is 17.6 Å². The molecule has 8 heavy (non-hydrogen) atoms. The van der Waals surface area contributed by atoms with Crippen molar-refractivity contribution in [2.45, 2.75) is 6.92 Å². The van der Waals surface area contributed by atoms with Gasteiger partial charge in [0, 0.05) is 26.2 Å². The van der Waals surface area contributed by atoms with Gasteiger partial charge in [-0.25, -0.2) is 0 Å². The molecule has 0 aliphatic carbocycles. The maximum absolute atomic E-state index is 3.25. The highest BCUT2D eigenvalue weighted by Gasteiger charge is 1.91. The molecule has 0 unspecified atom stereocenters. The fourth-order valence-corrected chi connectivity index (χ4v) is 0.604. The van der Waals surface area contributed by atoms with E-state index in [4.69, 9.17) is 0 Å². The molecule has 2 nitrogen and oxygen atoms in total. The number of nitrogens with one attached hydrogen (secondary N) is 2. The highest BCUT2D eigenvalue weighted by Crippen LogP contribution is 1.65. The van der Waals surface area contributed by atoms with Gasteiger partial charge in [-0.15, -0.1) is 0 Å². The van der Waals surface area contributed by atoms with Crippen LogP contribution in [0, 0.1) is 6.92 Å². The summed E-state index contributed by atoms with van der Waals surface area (Å²) in [7, 11) is 0. The molecule has 1 heterocycles. The Morgan fingerprint density at radius 3 is 1.25 bits per heavy atom. The number of hydrogen-bond acceptors (Lipinski definition) is 2. The summed E-state index contributed by atoms with van der Waals surface area (Å²) in [5, 5.41) is 6.44. The Labute approximate surface area is 51.7 Å². The Bertz CT molecular complexity index is 22.0. The summed E-state index contributed by atoms with van der Waals surface area (Å²) in [6.45, 7) is 9.56. The molecule has 49 valence electrons. The average Bonchev–Trinajstić information content (AvgIpc) is 1.96. The van der Waals surface area contributed by atoms with Crippen molar-refractivity contribution in [3.05, 3.63) is 6.92 Å². The summed E-state index contributed by atoms with van der Waals surface area (Å²) in [5.41, 5.74) is 0. The molecule has 1 rings (SSSR count). The fraction of sp³-hybridized carbons (Fsp3) is 0.833. The summed E-state index contributed by atoms with van der Waals surface area (Å²) in [5.74, 6) is 0. The molecule has 1 aliphatic heterocycles.